The van der Waals surface area contributed by atoms with E-state index in [-0.39, 0.29) is 5.97 Å². The molecule has 0 spiro atoms. The van der Waals surface area contributed by atoms with Gasteiger partial charge in [0.2, 0.25) is 0 Å². The second-order valence-corrected chi connectivity index (χ2v) is 5.48. The Morgan fingerprint density at radius 1 is 1.19 bits per heavy atom. The number of piperidine rings is 1. The quantitative estimate of drug-likeness (QED) is 0.639. The number of carbonyl (C=O) groups is 1. The molecule has 1 saturated heterocycles. The molecule has 1 aromatic heterocycles. The number of aromatic nitrogens is 1. The van der Waals surface area contributed by atoms with Crippen molar-refractivity contribution in [2.75, 3.05) is 19.6 Å². The van der Waals surface area contributed by atoms with E-state index in [1.54, 1.807) is 6.20 Å². The van der Waals surface area contributed by atoms with Crippen LogP contribution in [0.4, 0.5) is 0 Å². The Balaban J connectivity index is 1.55. The van der Waals surface area contributed by atoms with Crippen molar-refractivity contribution in [3.8, 4) is 5.75 Å². The summed E-state index contributed by atoms with van der Waals surface area (Å²) >= 11 is 0. The van der Waals surface area contributed by atoms with Crippen LogP contribution in [0.3, 0.4) is 0 Å². The molecule has 4 nitrogen and oxygen atoms in total. The predicted molar refractivity (Wildman–Crippen MR) is 82.3 cm³/mol. The molecule has 0 aliphatic carbocycles. The largest absolute Gasteiger partial charge is 0.426 e. The number of fused-ring (bicyclic) bond motifs is 1. The SMILES string of the molecule is O=C(CCN1CCCCC1)Oc1ccc2cccnc2c1. The lowest BCUT2D eigenvalue weighted by atomic mass is 10.1. The Morgan fingerprint density at radius 2 is 2.05 bits per heavy atom. The number of hydrogen-bond donors (Lipinski definition) is 0. The van der Waals surface area contributed by atoms with Crippen LogP contribution < -0.4 is 4.74 Å². The van der Waals surface area contributed by atoms with Crippen molar-refractivity contribution in [1.29, 1.82) is 0 Å². The van der Waals surface area contributed by atoms with Crippen LogP contribution in [-0.4, -0.2) is 35.5 Å². The average Bonchev–Trinajstić information content (AvgIpc) is 2.54. The second-order valence-electron chi connectivity index (χ2n) is 5.48. The van der Waals surface area contributed by atoms with Crippen LogP contribution in [-0.2, 0) is 4.79 Å². The van der Waals surface area contributed by atoms with Crippen molar-refractivity contribution < 1.29 is 9.53 Å². The molecular weight excluding hydrogens is 264 g/mol. The third-order valence-corrected chi connectivity index (χ3v) is 3.89. The fourth-order valence-electron chi connectivity index (χ4n) is 2.72. The average molecular weight is 284 g/mol. The van der Waals surface area contributed by atoms with Gasteiger partial charge in [-0.1, -0.05) is 12.5 Å². The molecule has 3 rings (SSSR count). The Bertz CT molecular complexity index is 621. The van der Waals surface area contributed by atoms with E-state index < -0.39 is 0 Å². The molecular formula is C17H20N2O2. The van der Waals surface area contributed by atoms with Crippen LogP contribution in [0.25, 0.3) is 10.9 Å². The lowest BCUT2D eigenvalue weighted by molar-refractivity contribution is -0.134. The lowest BCUT2D eigenvalue weighted by Crippen LogP contribution is -2.32. The summed E-state index contributed by atoms with van der Waals surface area (Å²) < 4.78 is 5.41. The highest BCUT2D eigenvalue weighted by atomic mass is 16.5. The van der Waals surface area contributed by atoms with E-state index in [0.29, 0.717) is 12.2 Å². The summed E-state index contributed by atoms with van der Waals surface area (Å²) in [7, 11) is 0. The molecule has 0 atom stereocenters. The molecule has 1 fully saturated rings. The molecule has 0 bridgehead atoms. The number of hydrogen-bond acceptors (Lipinski definition) is 4. The van der Waals surface area contributed by atoms with Crippen LogP contribution in [0, 0.1) is 0 Å². The van der Waals surface area contributed by atoms with Crippen molar-refractivity contribution >= 4 is 16.9 Å². The van der Waals surface area contributed by atoms with Crippen LogP contribution >= 0.6 is 0 Å². The molecule has 1 aliphatic rings. The first-order chi connectivity index (χ1) is 10.3. The van der Waals surface area contributed by atoms with Gasteiger partial charge >= 0.3 is 5.97 Å². The van der Waals surface area contributed by atoms with Gasteiger partial charge in [-0.3, -0.25) is 9.78 Å². The van der Waals surface area contributed by atoms with Crippen molar-refractivity contribution in [3.05, 3.63) is 36.5 Å². The molecule has 1 aromatic carbocycles. The molecule has 21 heavy (non-hydrogen) atoms. The maximum atomic E-state index is 11.9. The number of carbonyl (C=O) groups excluding carboxylic acids is 1. The molecule has 1 aliphatic heterocycles. The van der Waals surface area contributed by atoms with E-state index in [9.17, 15) is 4.79 Å². The van der Waals surface area contributed by atoms with E-state index in [0.717, 1.165) is 30.5 Å². The van der Waals surface area contributed by atoms with Gasteiger partial charge in [0, 0.05) is 24.2 Å². The number of rotatable bonds is 4. The standard InChI is InChI=1S/C17H20N2O2/c20-17(8-12-19-10-2-1-3-11-19)21-15-7-6-14-5-4-9-18-16(14)13-15/h4-7,9,13H,1-3,8,10-12H2. The van der Waals surface area contributed by atoms with Gasteiger partial charge in [0.05, 0.1) is 11.9 Å². The number of ether oxygens (including phenoxy) is 1. The van der Waals surface area contributed by atoms with Gasteiger partial charge in [0.25, 0.3) is 0 Å². The van der Waals surface area contributed by atoms with Crippen molar-refractivity contribution in [1.82, 2.24) is 9.88 Å². The molecule has 0 unspecified atom stereocenters. The van der Waals surface area contributed by atoms with Crippen molar-refractivity contribution in [3.63, 3.8) is 0 Å². The Morgan fingerprint density at radius 3 is 2.90 bits per heavy atom. The maximum absolute atomic E-state index is 11.9. The fraction of sp³-hybridized carbons (Fsp3) is 0.412. The van der Waals surface area contributed by atoms with Crippen LogP contribution in [0.2, 0.25) is 0 Å². The molecule has 110 valence electrons. The smallest absolute Gasteiger partial charge is 0.312 e. The molecule has 4 heteroatoms. The molecule has 0 N–H and O–H groups in total. The number of benzene rings is 1. The number of nitrogens with zero attached hydrogens (tertiary/aromatic N) is 2. The predicted octanol–water partition coefficient (Wildman–Crippen LogP) is 3.02. The second kappa shape index (κ2) is 6.68. The van der Waals surface area contributed by atoms with E-state index in [2.05, 4.69) is 9.88 Å². The van der Waals surface area contributed by atoms with E-state index >= 15 is 0 Å². The van der Waals surface area contributed by atoms with Gasteiger partial charge in [-0.2, -0.15) is 0 Å². The molecule has 0 saturated carbocycles. The Hall–Kier alpha value is -1.94. The van der Waals surface area contributed by atoms with Crippen molar-refractivity contribution in [2.24, 2.45) is 0 Å². The summed E-state index contributed by atoms with van der Waals surface area (Å²) in [6.45, 7) is 3.00. The lowest BCUT2D eigenvalue weighted by Gasteiger charge is -2.25. The van der Waals surface area contributed by atoms with Crippen LogP contribution in [0.1, 0.15) is 25.7 Å². The number of pyridine rings is 1. The molecule has 2 heterocycles. The molecule has 0 amide bonds. The van der Waals surface area contributed by atoms with Gasteiger partial charge in [-0.25, -0.2) is 0 Å². The Labute approximate surface area is 124 Å². The summed E-state index contributed by atoms with van der Waals surface area (Å²) in [5.41, 5.74) is 0.846. The van der Waals surface area contributed by atoms with Crippen molar-refractivity contribution in [2.45, 2.75) is 25.7 Å². The van der Waals surface area contributed by atoms with Crippen LogP contribution in [0.5, 0.6) is 5.75 Å². The first-order valence-electron chi connectivity index (χ1n) is 7.59. The van der Waals surface area contributed by atoms with Gasteiger partial charge in [-0.05, 0) is 44.1 Å². The zero-order valence-electron chi connectivity index (χ0n) is 12.1. The van der Waals surface area contributed by atoms with E-state index in [1.807, 2.05) is 30.3 Å². The third kappa shape index (κ3) is 3.79. The third-order valence-electron chi connectivity index (χ3n) is 3.89. The van der Waals surface area contributed by atoms with Gasteiger partial charge < -0.3 is 9.64 Å². The number of likely N-dealkylation sites (tertiary alicyclic amines) is 1. The first-order valence-corrected chi connectivity index (χ1v) is 7.59. The first kappa shape index (κ1) is 14.0. The summed E-state index contributed by atoms with van der Waals surface area (Å²) in [4.78, 5) is 18.5. The van der Waals surface area contributed by atoms with E-state index in [1.165, 1.54) is 19.3 Å². The molecule has 2 aromatic rings. The maximum Gasteiger partial charge on any atom is 0.312 e. The van der Waals surface area contributed by atoms with Crippen LogP contribution in [0.15, 0.2) is 36.5 Å². The highest BCUT2D eigenvalue weighted by Crippen LogP contribution is 2.19. The monoisotopic (exact) mass is 284 g/mol. The normalized spacial score (nSPS) is 16.0. The Kier molecular flexibility index (Phi) is 4.46. The zero-order valence-corrected chi connectivity index (χ0v) is 12.1. The highest BCUT2D eigenvalue weighted by molar-refractivity contribution is 5.81. The summed E-state index contributed by atoms with van der Waals surface area (Å²) in [6.07, 6.45) is 5.98. The zero-order chi connectivity index (χ0) is 14.5. The highest BCUT2D eigenvalue weighted by Gasteiger charge is 2.13. The minimum Gasteiger partial charge on any atom is -0.426 e. The molecule has 0 radical (unpaired) electrons. The number of esters is 1. The van der Waals surface area contributed by atoms with Gasteiger partial charge in [-0.15, -0.1) is 0 Å². The minimum atomic E-state index is -0.171. The minimum absolute atomic E-state index is 0.171. The van der Waals surface area contributed by atoms with Gasteiger partial charge in [0.1, 0.15) is 5.75 Å². The van der Waals surface area contributed by atoms with E-state index in [4.69, 9.17) is 4.74 Å². The topological polar surface area (TPSA) is 42.4 Å². The summed E-state index contributed by atoms with van der Waals surface area (Å²) in [5.74, 6) is 0.403. The van der Waals surface area contributed by atoms with Gasteiger partial charge in [0.15, 0.2) is 0 Å². The summed E-state index contributed by atoms with van der Waals surface area (Å²) in [6, 6.07) is 9.45. The fourth-order valence-corrected chi connectivity index (χ4v) is 2.72. The summed E-state index contributed by atoms with van der Waals surface area (Å²) in [5, 5.41) is 1.05.